The average molecular weight is 413 g/mol. The lowest BCUT2D eigenvalue weighted by molar-refractivity contribution is -0.120. The van der Waals surface area contributed by atoms with Gasteiger partial charge in [0.15, 0.2) is 0 Å². The molecule has 152 valence electrons. The van der Waals surface area contributed by atoms with E-state index in [2.05, 4.69) is 10.0 Å². The first-order chi connectivity index (χ1) is 13.8. The first kappa shape index (κ1) is 19.7. The summed E-state index contributed by atoms with van der Waals surface area (Å²) in [6, 6.07) is 10.7. The van der Waals surface area contributed by atoms with E-state index in [0.717, 1.165) is 46.1 Å². The van der Waals surface area contributed by atoms with Crippen LogP contribution in [0.4, 0.5) is 0 Å². The van der Waals surface area contributed by atoms with Gasteiger partial charge in [0, 0.05) is 23.5 Å². The molecule has 2 aromatic carbocycles. The number of benzene rings is 2. The van der Waals surface area contributed by atoms with Gasteiger partial charge in [-0.25, -0.2) is 13.1 Å². The zero-order chi connectivity index (χ0) is 20.6. The number of sulfonamides is 1. The molecular formula is C22H24N2O4S. The lowest BCUT2D eigenvalue weighted by Gasteiger charge is -2.08. The van der Waals surface area contributed by atoms with Crippen molar-refractivity contribution in [2.75, 3.05) is 0 Å². The normalized spacial score (nSPS) is 14.3. The van der Waals surface area contributed by atoms with Gasteiger partial charge in [-0.15, -0.1) is 0 Å². The molecule has 4 rings (SSSR count). The van der Waals surface area contributed by atoms with Crippen molar-refractivity contribution in [1.82, 2.24) is 10.0 Å². The van der Waals surface area contributed by atoms with E-state index in [1.165, 1.54) is 0 Å². The van der Waals surface area contributed by atoms with Crippen molar-refractivity contribution in [3.05, 3.63) is 64.9 Å². The SMILES string of the molecule is Cc1cc2occ(CC(=O)NCc3ccc(S(=O)(=O)NC4CC4)cc3)c2cc1C. The molecule has 1 aliphatic rings. The van der Waals surface area contributed by atoms with Crippen LogP contribution in [0.2, 0.25) is 0 Å². The second-order valence-corrected chi connectivity index (χ2v) is 9.40. The first-order valence-electron chi connectivity index (χ1n) is 9.67. The van der Waals surface area contributed by atoms with Gasteiger partial charge in [0.1, 0.15) is 5.58 Å². The summed E-state index contributed by atoms with van der Waals surface area (Å²) in [4.78, 5) is 12.6. The highest BCUT2D eigenvalue weighted by Crippen LogP contribution is 2.25. The van der Waals surface area contributed by atoms with E-state index in [4.69, 9.17) is 4.42 Å². The third-order valence-corrected chi connectivity index (χ3v) is 6.78. The van der Waals surface area contributed by atoms with Crippen molar-refractivity contribution < 1.29 is 17.6 Å². The fourth-order valence-corrected chi connectivity index (χ4v) is 4.49. The van der Waals surface area contributed by atoms with Gasteiger partial charge >= 0.3 is 0 Å². The molecule has 0 radical (unpaired) electrons. The summed E-state index contributed by atoms with van der Waals surface area (Å²) in [5.41, 5.74) is 4.79. The van der Waals surface area contributed by atoms with E-state index in [-0.39, 0.29) is 23.3 Å². The molecule has 0 bridgehead atoms. The smallest absolute Gasteiger partial charge is 0.240 e. The van der Waals surface area contributed by atoms with Crippen molar-refractivity contribution in [3.63, 3.8) is 0 Å². The number of furan rings is 1. The molecule has 3 aromatic rings. The number of fused-ring (bicyclic) bond motifs is 1. The largest absolute Gasteiger partial charge is 0.464 e. The van der Waals surface area contributed by atoms with Crippen LogP contribution < -0.4 is 10.0 Å². The van der Waals surface area contributed by atoms with Crippen LogP contribution in [0.1, 0.15) is 35.1 Å². The molecule has 0 spiro atoms. The van der Waals surface area contributed by atoms with Crippen molar-refractivity contribution >= 4 is 26.9 Å². The van der Waals surface area contributed by atoms with Gasteiger partial charge in [-0.1, -0.05) is 12.1 Å². The number of hydrogen-bond donors (Lipinski definition) is 2. The Hall–Kier alpha value is -2.64. The lowest BCUT2D eigenvalue weighted by atomic mass is 10.0. The van der Waals surface area contributed by atoms with E-state index >= 15 is 0 Å². The maximum atomic E-state index is 12.4. The third kappa shape index (κ3) is 4.52. The van der Waals surface area contributed by atoms with Gasteiger partial charge in [0.25, 0.3) is 0 Å². The Bertz CT molecular complexity index is 1160. The number of rotatable bonds is 7. The molecule has 1 fully saturated rings. The Morgan fingerprint density at radius 1 is 1.10 bits per heavy atom. The monoisotopic (exact) mass is 412 g/mol. The molecule has 0 aliphatic heterocycles. The molecular weight excluding hydrogens is 388 g/mol. The van der Waals surface area contributed by atoms with Crippen molar-refractivity contribution in [1.29, 1.82) is 0 Å². The van der Waals surface area contributed by atoms with Crippen molar-refractivity contribution in [2.45, 2.75) is 50.6 Å². The maximum Gasteiger partial charge on any atom is 0.240 e. The summed E-state index contributed by atoms with van der Waals surface area (Å²) in [5, 5.41) is 3.84. The van der Waals surface area contributed by atoms with Crippen LogP contribution >= 0.6 is 0 Å². The summed E-state index contributed by atoms with van der Waals surface area (Å²) in [5.74, 6) is -0.113. The Morgan fingerprint density at radius 3 is 2.48 bits per heavy atom. The molecule has 6 nitrogen and oxygen atoms in total. The summed E-state index contributed by atoms with van der Waals surface area (Å²) in [7, 11) is -3.45. The van der Waals surface area contributed by atoms with Crippen LogP contribution in [0.3, 0.4) is 0 Å². The van der Waals surface area contributed by atoms with E-state index in [0.29, 0.717) is 6.54 Å². The summed E-state index contributed by atoms with van der Waals surface area (Å²) in [6.45, 7) is 4.40. The van der Waals surface area contributed by atoms with E-state index in [1.54, 1.807) is 30.5 Å². The highest BCUT2D eigenvalue weighted by atomic mass is 32.2. The second-order valence-electron chi connectivity index (χ2n) is 7.69. The molecule has 0 atom stereocenters. The molecule has 1 amide bonds. The first-order valence-corrected chi connectivity index (χ1v) is 11.2. The van der Waals surface area contributed by atoms with Crippen molar-refractivity contribution in [2.24, 2.45) is 0 Å². The van der Waals surface area contributed by atoms with Gasteiger partial charge in [-0.05, 0) is 67.6 Å². The molecule has 1 saturated carbocycles. The molecule has 0 saturated heterocycles. The molecule has 0 unspecified atom stereocenters. The Morgan fingerprint density at radius 2 is 1.79 bits per heavy atom. The zero-order valence-corrected chi connectivity index (χ0v) is 17.3. The molecule has 1 aliphatic carbocycles. The second kappa shape index (κ2) is 7.65. The lowest BCUT2D eigenvalue weighted by Crippen LogP contribution is -2.26. The quantitative estimate of drug-likeness (QED) is 0.623. The van der Waals surface area contributed by atoms with Gasteiger partial charge < -0.3 is 9.73 Å². The highest BCUT2D eigenvalue weighted by molar-refractivity contribution is 7.89. The van der Waals surface area contributed by atoms with E-state index in [9.17, 15) is 13.2 Å². The van der Waals surface area contributed by atoms with Crippen LogP contribution in [0.25, 0.3) is 11.0 Å². The summed E-state index contributed by atoms with van der Waals surface area (Å²) < 4.78 is 32.6. The number of amides is 1. The minimum Gasteiger partial charge on any atom is -0.464 e. The number of carbonyl (C=O) groups is 1. The zero-order valence-electron chi connectivity index (χ0n) is 16.5. The van der Waals surface area contributed by atoms with Gasteiger partial charge in [-0.2, -0.15) is 0 Å². The minimum absolute atomic E-state index is 0.0747. The van der Waals surface area contributed by atoms with Crippen LogP contribution in [-0.4, -0.2) is 20.4 Å². The maximum absolute atomic E-state index is 12.4. The Balaban J connectivity index is 1.37. The number of nitrogens with one attached hydrogen (secondary N) is 2. The topological polar surface area (TPSA) is 88.4 Å². The predicted molar refractivity (Wildman–Crippen MR) is 111 cm³/mol. The number of hydrogen-bond acceptors (Lipinski definition) is 4. The van der Waals surface area contributed by atoms with Gasteiger partial charge in [-0.3, -0.25) is 4.79 Å². The van der Waals surface area contributed by atoms with Crippen LogP contribution in [0.15, 0.2) is 52.0 Å². The standard InChI is InChI=1S/C22H24N2O4S/c1-14-9-20-17(13-28-21(20)10-15(14)2)11-22(25)23-12-16-3-7-19(8-4-16)29(26,27)24-18-5-6-18/h3-4,7-10,13,18,24H,5-6,11-12H2,1-2H3,(H,23,25). The van der Waals surface area contributed by atoms with E-state index in [1.807, 2.05) is 26.0 Å². The third-order valence-electron chi connectivity index (χ3n) is 5.24. The average Bonchev–Trinajstić information content (AvgIpc) is 3.41. The van der Waals surface area contributed by atoms with Gasteiger partial charge in [0.05, 0.1) is 17.6 Å². The van der Waals surface area contributed by atoms with E-state index < -0.39 is 10.0 Å². The number of aryl methyl sites for hydroxylation is 2. The molecule has 1 aromatic heterocycles. The summed E-state index contributed by atoms with van der Waals surface area (Å²) in [6.07, 6.45) is 3.66. The summed E-state index contributed by atoms with van der Waals surface area (Å²) >= 11 is 0. The molecule has 1 heterocycles. The Labute approximate surface area is 170 Å². The van der Waals surface area contributed by atoms with Crippen LogP contribution in [-0.2, 0) is 27.8 Å². The fourth-order valence-electron chi connectivity index (χ4n) is 3.18. The predicted octanol–water partition coefficient (Wildman–Crippen LogP) is 3.35. The molecule has 2 N–H and O–H groups in total. The van der Waals surface area contributed by atoms with Gasteiger partial charge in [0.2, 0.25) is 15.9 Å². The number of carbonyl (C=O) groups excluding carboxylic acids is 1. The fraction of sp³-hybridized carbons (Fsp3) is 0.318. The van der Waals surface area contributed by atoms with Crippen LogP contribution in [0, 0.1) is 13.8 Å². The highest BCUT2D eigenvalue weighted by Gasteiger charge is 2.27. The molecule has 7 heteroatoms. The minimum atomic E-state index is -3.45. The van der Waals surface area contributed by atoms with Crippen molar-refractivity contribution in [3.8, 4) is 0 Å². The Kier molecular flexibility index (Phi) is 5.19. The molecule has 29 heavy (non-hydrogen) atoms. The van der Waals surface area contributed by atoms with Crippen LogP contribution in [0.5, 0.6) is 0 Å².